The fourth-order valence-electron chi connectivity index (χ4n) is 8.17. The predicted molar refractivity (Wildman–Crippen MR) is 187 cm³/mol. The van der Waals surface area contributed by atoms with Crippen molar-refractivity contribution in [2.24, 2.45) is 17.8 Å². The van der Waals surface area contributed by atoms with Gasteiger partial charge in [-0.1, -0.05) is 92.1 Å². The van der Waals surface area contributed by atoms with E-state index in [1.807, 2.05) is 48.5 Å². The summed E-state index contributed by atoms with van der Waals surface area (Å²) < 4.78 is 6.28. The number of likely N-dealkylation sites (tertiary alicyclic amines) is 1. The van der Waals surface area contributed by atoms with Crippen LogP contribution >= 0.6 is 0 Å². The van der Waals surface area contributed by atoms with Gasteiger partial charge in [0.25, 0.3) is 0 Å². The van der Waals surface area contributed by atoms with E-state index < -0.39 is 31.0 Å². The Bertz CT molecular complexity index is 1730. The van der Waals surface area contributed by atoms with Crippen LogP contribution in [0.4, 0.5) is 0 Å². The van der Waals surface area contributed by atoms with Crippen LogP contribution in [0.25, 0.3) is 22.4 Å². The quantitative estimate of drug-likeness (QED) is 0.0593. The Balaban J connectivity index is 1.28. The summed E-state index contributed by atoms with van der Waals surface area (Å²) in [6.45, 7) is 2.42. The lowest BCUT2D eigenvalue weighted by molar-refractivity contribution is -0.141. The number of carbonyl (C=O) groups excluding carboxylic acids is 2. The molecule has 2 heterocycles. The number of rotatable bonds is 13. The van der Waals surface area contributed by atoms with E-state index in [1.54, 1.807) is 6.07 Å². The summed E-state index contributed by atoms with van der Waals surface area (Å²) in [6.07, 6.45) is 7.35. The van der Waals surface area contributed by atoms with Crippen LogP contribution in [0.3, 0.4) is 0 Å². The van der Waals surface area contributed by atoms with Gasteiger partial charge in [0.05, 0.1) is 17.9 Å². The minimum absolute atomic E-state index is 0.0782. The molecule has 0 saturated carbocycles. The van der Waals surface area contributed by atoms with Gasteiger partial charge in [0.15, 0.2) is 0 Å². The average molecular weight is 650 g/mol. The van der Waals surface area contributed by atoms with Gasteiger partial charge < -0.3 is 19.9 Å². The molecule has 3 aromatic rings. The lowest BCUT2D eigenvalue weighted by Crippen LogP contribution is -2.46. The zero-order valence-electron chi connectivity index (χ0n) is 27.5. The molecule has 2 saturated heterocycles. The highest BCUT2D eigenvalue weighted by Crippen LogP contribution is 2.51. The zero-order valence-corrected chi connectivity index (χ0v) is 27.5. The van der Waals surface area contributed by atoms with Gasteiger partial charge in [0, 0.05) is 18.4 Å². The van der Waals surface area contributed by atoms with Crippen molar-refractivity contribution in [2.75, 3.05) is 6.54 Å². The maximum Gasteiger partial charge on any atom is 0.455 e. The van der Waals surface area contributed by atoms with Gasteiger partial charge >= 0.3 is 13.1 Å². The molecule has 0 radical (unpaired) electrons. The average Bonchev–Trinajstić information content (AvgIpc) is 3.32. The maximum atomic E-state index is 13.9. The summed E-state index contributed by atoms with van der Waals surface area (Å²) in [5, 5.41) is 32.2. The SMILES string of the molecule is CCCC1=C2[C@@H](CC/C(=C/c3ccc(O)c4ccccc34)c3ccccc3)OB(O)C[C@@H]2[C@@H]2C(=O)N(CCCCCC(=O)O)C(=O)[C@@H]2C1. The van der Waals surface area contributed by atoms with Gasteiger partial charge in [-0.3, -0.25) is 19.3 Å². The second kappa shape index (κ2) is 14.9. The number of aliphatic carboxylic acids is 1. The van der Waals surface area contributed by atoms with E-state index in [9.17, 15) is 24.5 Å². The second-order valence-corrected chi connectivity index (χ2v) is 13.4. The van der Waals surface area contributed by atoms with Crippen molar-refractivity contribution in [3.8, 4) is 5.75 Å². The van der Waals surface area contributed by atoms with Crippen LogP contribution in [0.15, 0.2) is 77.9 Å². The molecular formula is C39H44BNO7. The van der Waals surface area contributed by atoms with Crippen molar-refractivity contribution >= 4 is 47.3 Å². The van der Waals surface area contributed by atoms with Crippen LogP contribution in [-0.4, -0.2) is 57.7 Å². The van der Waals surface area contributed by atoms with Crippen LogP contribution < -0.4 is 0 Å². The van der Waals surface area contributed by atoms with Gasteiger partial charge in [0.1, 0.15) is 5.75 Å². The minimum Gasteiger partial charge on any atom is -0.507 e. The lowest BCUT2D eigenvalue weighted by atomic mass is 9.58. The Hall–Kier alpha value is -4.21. The van der Waals surface area contributed by atoms with Crippen LogP contribution in [0.1, 0.15) is 75.8 Å². The molecule has 9 heteroatoms. The van der Waals surface area contributed by atoms with E-state index in [0.29, 0.717) is 45.1 Å². The zero-order chi connectivity index (χ0) is 33.8. The second-order valence-electron chi connectivity index (χ2n) is 13.4. The first-order valence-corrected chi connectivity index (χ1v) is 17.4. The van der Waals surface area contributed by atoms with Crippen LogP contribution in [0.2, 0.25) is 6.32 Å². The molecule has 2 amide bonds. The maximum absolute atomic E-state index is 13.9. The first kappa shape index (κ1) is 33.7. The third-order valence-corrected chi connectivity index (χ3v) is 10.3. The summed E-state index contributed by atoms with van der Waals surface area (Å²) in [5.41, 5.74) is 5.44. The summed E-state index contributed by atoms with van der Waals surface area (Å²) in [5.74, 6) is -2.12. The van der Waals surface area contributed by atoms with Crippen molar-refractivity contribution in [2.45, 2.75) is 77.1 Å². The van der Waals surface area contributed by atoms with Crippen LogP contribution in [0.5, 0.6) is 5.75 Å². The molecule has 0 aromatic heterocycles. The van der Waals surface area contributed by atoms with Gasteiger partial charge in [-0.25, -0.2) is 0 Å². The Morgan fingerprint density at radius 1 is 0.938 bits per heavy atom. The lowest BCUT2D eigenvalue weighted by Gasteiger charge is -2.43. The first-order valence-electron chi connectivity index (χ1n) is 17.4. The minimum atomic E-state index is -1.04. The van der Waals surface area contributed by atoms with Crippen LogP contribution in [0, 0.1) is 17.8 Å². The van der Waals surface area contributed by atoms with E-state index in [-0.39, 0.29) is 36.2 Å². The van der Waals surface area contributed by atoms with Crippen molar-refractivity contribution in [1.82, 2.24) is 4.90 Å². The monoisotopic (exact) mass is 649 g/mol. The summed E-state index contributed by atoms with van der Waals surface area (Å²) >= 11 is 0. The molecule has 0 unspecified atom stereocenters. The van der Waals surface area contributed by atoms with Crippen molar-refractivity contribution in [1.29, 1.82) is 0 Å². The number of imide groups is 1. The number of phenols is 1. The molecule has 2 aliphatic heterocycles. The number of carbonyl (C=O) groups is 3. The van der Waals surface area contributed by atoms with Gasteiger partial charge in [0.2, 0.25) is 11.8 Å². The third kappa shape index (κ3) is 6.98. The van der Waals surface area contributed by atoms with Gasteiger partial charge in [-0.05, 0) is 84.5 Å². The Labute approximate surface area is 282 Å². The normalized spacial score (nSPS) is 22.8. The number of phenolic OH excluding ortho intramolecular Hbond substituents is 1. The number of nitrogens with zero attached hydrogens (tertiary/aromatic N) is 1. The number of hydrogen-bond acceptors (Lipinski definition) is 6. The van der Waals surface area contributed by atoms with E-state index in [4.69, 9.17) is 9.76 Å². The largest absolute Gasteiger partial charge is 0.507 e. The van der Waals surface area contributed by atoms with Crippen LogP contribution in [-0.2, 0) is 19.0 Å². The number of allylic oxidation sites excluding steroid dienone is 2. The Morgan fingerprint density at radius 2 is 1.69 bits per heavy atom. The van der Waals surface area contributed by atoms with Crippen molar-refractivity contribution < 1.29 is 34.3 Å². The third-order valence-electron chi connectivity index (χ3n) is 10.3. The van der Waals surface area contributed by atoms with Gasteiger partial charge in [-0.2, -0.15) is 0 Å². The first-order chi connectivity index (χ1) is 23.3. The number of fused-ring (bicyclic) bond motifs is 4. The summed E-state index contributed by atoms with van der Waals surface area (Å²) in [4.78, 5) is 39.8. The topological polar surface area (TPSA) is 124 Å². The fourth-order valence-corrected chi connectivity index (χ4v) is 8.17. The Kier molecular flexibility index (Phi) is 10.5. The molecule has 1 aliphatic carbocycles. The van der Waals surface area contributed by atoms with E-state index in [2.05, 4.69) is 25.1 Å². The molecule has 8 nitrogen and oxygen atoms in total. The molecule has 6 rings (SSSR count). The Morgan fingerprint density at radius 3 is 2.44 bits per heavy atom. The molecule has 4 atom stereocenters. The highest BCUT2D eigenvalue weighted by molar-refractivity contribution is 6.43. The van der Waals surface area contributed by atoms with E-state index in [1.165, 1.54) is 10.5 Å². The number of hydrogen-bond donors (Lipinski definition) is 3. The number of unbranched alkanes of at least 4 members (excludes halogenated alkanes) is 2. The summed E-state index contributed by atoms with van der Waals surface area (Å²) in [7, 11) is -1.04. The van der Waals surface area contributed by atoms with Gasteiger partial charge in [-0.15, -0.1) is 0 Å². The number of amides is 2. The number of aromatic hydroxyl groups is 1. The molecule has 3 aliphatic rings. The van der Waals surface area contributed by atoms with Crippen molar-refractivity contribution in [3.05, 3.63) is 89.0 Å². The molecule has 2 fully saturated rings. The molecule has 0 bridgehead atoms. The van der Waals surface area contributed by atoms with E-state index in [0.717, 1.165) is 45.9 Å². The molecular weight excluding hydrogens is 605 g/mol. The smallest absolute Gasteiger partial charge is 0.455 e. The molecule has 0 spiro atoms. The highest BCUT2D eigenvalue weighted by Gasteiger charge is 2.56. The van der Waals surface area contributed by atoms with Crippen molar-refractivity contribution in [3.63, 3.8) is 0 Å². The number of benzene rings is 3. The molecule has 3 aromatic carbocycles. The molecule has 3 N–H and O–H groups in total. The molecule has 48 heavy (non-hydrogen) atoms. The summed E-state index contributed by atoms with van der Waals surface area (Å²) in [6, 6.07) is 21.6. The molecule has 250 valence electrons. The fraction of sp³-hybridized carbons (Fsp3) is 0.410. The highest BCUT2D eigenvalue weighted by atomic mass is 16.5. The predicted octanol–water partition coefficient (Wildman–Crippen LogP) is 7.11. The standard InChI is InChI=1S/C39H44BNO7/c1-2-11-28-23-31-37(39(46)41(38(31)45)21-10-4-7-16-35(43)44)32-24-40(47)48-34(36(28)32)20-18-26(25-12-5-3-6-13-25)22-27-17-19-33(42)30-15-9-8-14-29(27)30/h3,5-6,8-9,12-15,17,19,22,31-32,34,37,42,47H,2,4,7,10-11,16,18,20-21,23-24H2,1H3,(H,43,44)/b26-22-/t31-,32+,34-,37-/m1/s1. The van der Waals surface area contributed by atoms with E-state index >= 15 is 0 Å². The number of carboxylic acids is 1. The number of carboxylic acid groups (broad SMARTS) is 1.